The van der Waals surface area contributed by atoms with E-state index in [1.165, 1.54) is 0 Å². The summed E-state index contributed by atoms with van der Waals surface area (Å²) in [6.45, 7) is 3.10. The molecule has 0 atom stereocenters. The zero-order valence-corrected chi connectivity index (χ0v) is 13.9. The zero-order valence-electron chi connectivity index (χ0n) is 13.9. The van der Waals surface area contributed by atoms with Gasteiger partial charge in [0.15, 0.2) is 0 Å². The normalized spacial score (nSPS) is 10.4. The van der Waals surface area contributed by atoms with Gasteiger partial charge in [0.1, 0.15) is 12.4 Å². The molecular weight excluding hydrogens is 318 g/mol. The van der Waals surface area contributed by atoms with Crippen LogP contribution in [0.1, 0.15) is 29.3 Å². The Labute approximate surface area is 145 Å². The second-order valence-electron chi connectivity index (χ2n) is 5.48. The fourth-order valence-electron chi connectivity index (χ4n) is 2.30. The molecule has 128 valence electrons. The molecule has 3 rings (SSSR count). The molecule has 7 heteroatoms. The van der Waals surface area contributed by atoms with Gasteiger partial charge in [-0.25, -0.2) is 4.68 Å². The second-order valence-corrected chi connectivity index (χ2v) is 5.48. The maximum absolute atomic E-state index is 12.4. The number of aromatic nitrogens is 4. The number of anilines is 1. The highest BCUT2D eigenvalue weighted by Crippen LogP contribution is 2.16. The lowest BCUT2D eigenvalue weighted by atomic mass is 10.2. The maximum atomic E-state index is 12.4. The molecule has 2 aromatic carbocycles. The van der Waals surface area contributed by atoms with E-state index in [1.807, 2.05) is 43.3 Å². The summed E-state index contributed by atoms with van der Waals surface area (Å²) in [6.07, 6.45) is 0.872. The Bertz CT molecular complexity index is 832. The van der Waals surface area contributed by atoms with E-state index in [9.17, 15) is 4.79 Å². The number of carbonyl (C=O) groups is 1. The van der Waals surface area contributed by atoms with Crippen LogP contribution in [0.25, 0.3) is 0 Å². The number of ether oxygens (including phenoxy) is 1. The maximum Gasteiger partial charge on any atom is 0.258 e. The largest absolute Gasteiger partial charge is 0.489 e. The van der Waals surface area contributed by atoms with Crippen molar-refractivity contribution in [2.75, 3.05) is 5.32 Å². The molecule has 0 radical (unpaired) electrons. The number of hydrogen-bond donors (Lipinski definition) is 1. The SMILES string of the molecule is CCCn1nnnc1NC(=O)c1cccc(OCc2ccccc2)c1. The van der Waals surface area contributed by atoms with Gasteiger partial charge in [0.25, 0.3) is 5.91 Å². The number of nitrogens with zero attached hydrogens (tertiary/aromatic N) is 4. The van der Waals surface area contributed by atoms with E-state index < -0.39 is 0 Å². The van der Waals surface area contributed by atoms with E-state index >= 15 is 0 Å². The molecule has 3 aromatic rings. The smallest absolute Gasteiger partial charge is 0.258 e. The van der Waals surface area contributed by atoms with Gasteiger partial charge in [0.2, 0.25) is 5.95 Å². The van der Waals surface area contributed by atoms with Gasteiger partial charge in [-0.3, -0.25) is 10.1 Å². The van der Waals surface area contributed by atoms with Crippen molar-refractivity contribution in [3.05, 3.63) is 65.7 Å². The first-order valence-corrected chi connectivity index (χ1v) is 8.10. The average Bonchev–Trinajstić information content (AvgIpc) is 3.08. The van der Waals surface area contributed by atoms with E-state index in [4.69, 9.17) is 4.74 Å². The van der Waals surface area contributed by atoms with Crippen LogP contribution in [0.4, 0.5) is 5.95 Å². The van der Waals surface area contributed by atoms with Gasteiger partial charge >= 0.3 is 0 Å². The number of nitrogens with one attached hydrogen (secondary N) is 1. The van der Waals surface area contributed by atoms with Gasteiger partial charge in [-0.1, -0.05) is 48.4 Å². The van der Waals surface area contributed by atoms with E-state index in [2.05, 4.69) is 20.8 Å². The summed E-state index contributed by atoms with van der Waals surface area (Å²) in [5.74, 6) is 0.685. The molecular formula is C18H19N5O2. The minimum absolute atomic E-state index is 0.280. The van der Waals surface area contributed by atoms with Crippen LogP contribution in [0.2, 0.25) is 0 Å². The van der Waals surface area contributed by atoms with Crippen molar-refractivity contribution >= 4 is 11.9 Å². The molecule has 1 N–H and O–H groups in total. The molecule has 0 aliphatic rings. The predicted octanol–water partition coefficient (Wildman–Crippen LogP) is 2.91. The molecule has 1 heterocycles. The highest BCUT2D eigenvalue weighted by molar-refractivity contribution is 6.03. The Kier molecular flexibility index (Phi) is 5.36. The summed E-state index contributed by atoms with van der Waals surface area (Å²) >= 11 is 0. The molecule has 1 amide bonds. The predicted molar refractivity (Wildman–Crippen MR) is 93.3 cm³/mol. The lowest BCUT2D eigenvalue weighted by molar-refractivity contribution is 0.102. The van der Waals surface area contributed by atoms with Gasteiger partial charge in [-0.05, 0) is 40.6 Å². The molecule has 7 nitrogen and oxygen atoms in total. The van der Waals surface area contributed by atoms with Crippen LogP contribution in [-0.2, 0) is 13.2 Å². The van der Waals surface area contributed by atoms with Crippen LogP contribution < -0.4 is 10.1 Å². The molecule has 25 heavy (non-hydrogen) atoms. The van der Waals surface area contributed by atoms with Gasteiger partial charge < -0.3 is 4.74 Å². The molecule has 0 aliphatic heterocycles. The molecule has 1 aromatic heterocycles. The summed E-state index contributed by atoms with van der Waals surface area (Å²) in [5.41, 5.74) is 1.55. The van der Waals surface area contributed by atoms with E-state index in [1.54, 1.807) is 22.9 Å². The third kappa shape index (κ3) is 4.41. The van der Waals surface area contributed by atoms with Gasteiger partial charge in [-0.2, -0.15) is 0 Å². The first-order valence-electron chi connectivity index (χ1n) is 8.10. The van der Waals surface area contributed by atoms with Crippen LogP contribution >= 0.6 is 0 Å². The summed E-state index contributed by atoms with van der Waals surface area (Å²) < 4.78 is 7.32. The Hall–Kier alpha value is -3.22. The summed E-state index contributed by atoms with van der Waals surface area (Å²) in [7, 11) is 0. The molecule has 0 unspecified atom stereocenters. The summed E-state index contributed by atoms with van der Waals surface area (Å²) in [5, 5.41) is 14.0. The number of hydrogen-bond acceptors (Lipinski definition) is 5. The summed E-state index contributed by atoms with van der Waals surface area (Å²) in [6, 6.07) is 16.9. The van der Waals surface area contributed by atoms with Crippen molar-refractivity contribution in [3.63, 3.8) is 0 Å². The van der Waals surface area contributed by atoms with E-state index in [0.717, 1.165) is 12.0 Å². The van der Waals surface area contributed by atoms with Crippen LogP contribution in [0, 0.1) is 0 Å². The minimum atomic E-state index is -0.280. The molecule has 0 fully saturated rings. The monoisotopic (exact) mass is 337 g/mol. The highest BCUT2D eigenvalue weighted by Gasteiger charge is 2.12. The quantitative estimate of drug-likeness (QED) is 0.717. The van der Waals surface area contributed by atoms with Crippen molar-refractivity contribution < 1.29 is 9.53 Å². The fraction of sp³-hybridized carbons (Fsp3) is 0.222. The van der Waals surface area contributed by atoms with Gasteiger partial charge in [0.05, 0.1) is 0 Å². The van der Waals surface area contributed by atoms with E-state index in [0.29, 0.717) is 30.4 Å². The van der Waals surface area contributed by atoms with Crippen LogP contribution in [0.3, 0.4) is 0 Å². The van der Waals surface area contributed by atoms with Gasteiger partial charge in [-0.15, -0.1) is 0 Å². The van der Waals surface area contributed by atoms with Crippen molar-refractivity contribution in [3.8, 4) is 5.75 Å². The number of rotatable bonds is 7. The third-order valence-corrected chi connectivity index (χ3v) is 3.54. The van der Waals surface area contributed by atoms with Crippen molar-refractivity contribution in [1.82, 2.24) is 20.2 Å². The molecule has 0 saturated carbocycles. The van der Waals surface area contributed by atoms with Crippen LogP contribution in [-0.4, -0.2) is 26.1 Å². The minimum Gasteiger partial charge on any atom is -0.489 e. The third-order valence-electron chi connectivity index (χ3n) is 3.54. The van der Waals surface area contributed by atoms with Crippen LogP contribution in [0.15, 0.2) is 54.6 Å². The number of benzene rings is 2. The second kappa shape index (κ2) is 8.05. The average molecular weight is 337 g/mol. The Balaban J connectivity index is 1.66. The number of amides is 1. The number of carbonyl (C=O) groups excluding carboxylic acids is 1. The van der Waals surface area contributed by atoms with E-state index in [-0.39, 0.29) is 5.91 Å². The highest BCUT2D eigenvalue weighted by atomic mass is 16.5. The van der Waals surface area contributed by atoms with Crippen molar-refractivity contribution in [2.45, 2.75) is 26.5 Å². The van der Waals surface area contributed by atoms with Crippen molar-refractivity contribution in [2.24, 2.45) is 0 Å². The zero-order chi connectivity index (χ0) is 17.5. The van der Waals surface area contributed by atoms with Crippen LogP contribution in [0.5, 0.6) is 5.75 Å². The first kappa shape index (κ1) is 16.6. The van der Waals surface area contributed by atoms with Gasteiger partial charge in [0, 0.05) is 12.1 Å². The Morgan fingerprint density at radius 1 is 1.16 bits per heavy atom. The molecule has 0 saturated heterocycles. The Morgan fingerprint density at radius 2 is 2.00 bits per heavy atom. The lowest BCUT2D eigenvalue weighted by Crippen LogP contribution is -2.16. The first-order chi connectivity index (χ1) is 12.3. The molecule has 0 aliphatic carbocycles. The lowest BCUT2D eigenvalue weighted by Gasteiger charge is -2.09. The molecule has 0 spiro atoms. The summed E-state index contributed by atoms with van der Waals surface area (Å²) in [4.78, 5) is 12.4. The topological polar surface area (TPSA) is 81.9 Å². The number of aryl methyl sites for hydroxylation is 1. The molecule has 0 bridgehead atoms. The standard InChI is InChI=1S/C18H19N5O2/c1-2-11-23-18(20-21-22-23)19-17(24)15-9-6-10-16(12-15)25-13-14-7-4-3-5-8-14/h3-10,12H,2,11,13H2,1H3,(H,19,20,22,24). The number of tetrazole rings is 1. The fourth-order valence-corrected chi connectivity index (χ4v) is 2.30. The van der Waals surface area contributed by atoms with Crippen molar-refractivity contribution in [1.29, 1.82) is 0 Å². The Morgan fingerprint density at radius 3 is 2.80 bits per heavy atom.